The molecular formula is C16H16ClNO3. The van der Waals surface area contributed by atoms with Crippen LogP contribution in [-0.4, -0.2) is 24.4 Å². The highest BCUT2D eigenvalue weighted by Crippen LogP contribution is 2.32. The summed E-state index contributed by atoms with van der Waals surface area (Å²) in [6, 6.07) is 9.12. The van der Waals surface area contributed by atoms with E-state index in [2.05, 4.69) is 4.98 Å². The standard InChI is InChI=1S/C16H16ClNO3/c1-20-14-4-3-12(10-15(14)21-2)13(16(17)19)9-11-5-7-18-8-6-11/h3-8,10,13H,9H2,1-2H3. The van der Waals surface area contributed by atoms with Gasteiger partial charge in [0.05, 0.1) is 20.1 Å². The second-order valence-electron chi connectivity index (χ2n) is 4.53. The molecule has 0 saturated heterocycles. The Kier molecular flexibility index (Phi) is 5.17. The van der Waals surface area contributed by atoms with Gasteiger partial charge in [0.2, 0.25) is 5.24 Å². The number of carbonyl (C=O) groups is 1. The van der Waals surface area contributed by atoms with Gasteiger partial charge >= 0.3 is 0 Å². The molecule has 1 atom stereocenters. The molecule has 0 aliphatic carbocycles. The summed E-state index contributed by atoms with van der Waals surface area (Å²) in [5, 5.41) is -0.404. The molecule has 0 fully saturated rings. The van der Waals surface area contributed by atoms with E-state index in [1.54, 1.807) is 38.7 Å². The minimum absolute atomic E-state index is 0.404. The second-order valence-corrected chi connectivity index (χ2v) is 4.90. The predicted octanol–water partition coefficient (Wildman–Crippen LogP) is 3.19. The Hall–Kier alpha value is -2.07. The fourth-order valence-electron chi connectivity index (χ4n) is 2.15. The number of halogens is 1. The van der Waals surface area contributed by atoms with Crippen molar-refractivity contribution in [2.75, 3.05) is 14.2 Å². The van der Waals surface area contributed by atoms with Crippen molar-refractivity contribution in [3.05, 3.63) is 53.9 Å². The van der Waals surface area contributed by atoms with Crippen LogP contribution in [0.2, 0.25) is 0 Å². The molecule has 0 aliphatic rings. The number of hydrogen-bond acceptors (Lipinski definition) is 4. The highest BCUT2D eigenvalue weighted by atomic mass is 35.5. The molecule has 110 valence electrons. The molecule has 1 aromatic carbocycles. The van der Waals surface area contributed by atoms with E-state index in [1.165, 1.54) is 0 Å². The smallest absolute Gasteiger partial charge is 0.229 e. The lowest BCUT2D eigenvalue weighted by Gasteiger charge is -2.15. The lowest BCUT2D eigenvalue weighted by Crippen LogP contribution is -2.10. The number of benzene rings is 1. The number of carbonyl (C=O) groups excluding carboxylic acids is 1. The van der Waals surface area contributed by atoms with Crippen LogP contribution in [0.5, 0.6) is 11.5 Å². The first-order valence-corrected chi connectivity index (χ1v) is 6.83. The van der Waals surface area contributed by atoms with Crippen LogP contribution in [0.3, 0.4) is 0 Å². The Morgan fingerprint density at radius 2 is 1.81 bits per heavy atom. The van der Waals surface area contributed by atoms with E-state index in [4.69, 9.17) is 21.1 Å². The maximum Gasteiger partial charge on any atom is 0.229 e. The van der Waals surface area contributed by atoms with Crippen molar-refractivity contribution in [2.45, 2.75) is 12.3 Å². The quantitative estimate of drug-likeness (QED) is 0.769. The number of pyridine rings is 1. The summed E-state index contributed by atoms with van der Waals surface area (Å²) in [5.74, 6) is 0.757. The van der Waals surface area contributed by atoms with Crippen LogP contribution in [-0.2, 0) is 11.2 Å². The summed E-state index contributed by atoms with van der Waals surface area (Å²) in [6.07, 6.45) is 3.90. The van der Waals surface area contributed by atoms with Crippen LogP contribution in [0.15, 0.2) is 42.7 Å². The molecule has 0 bridgehead atoms. The van der Waals surface area contributed by atoms with Gasteiger partial charge in [-0.25, -0.2) is 0 Å². The summed E-state index contributed by atoms with van der Waals surface area (Å²) < 4.78 is 10.5. The van der Waals surface area contributed by atoms with E-state index in [-0.39, 0.29) is 0 Å². The number of nitrogens with zero attached hydrogens (tertiary/aromatic N) is 1. The van der Waals surface area contributed by atoms with Crippen LogP contribution in [0.25, 0.3) is 0 Å². The number of rotatable bonds is 6. The van der Waals surface area contributed by atoms with Crippen molar-refractivity contribution < 1.29 is 14.3 Å². The van der Waals surface area contributed by atoms with Crippen molar-refractivity contribution in [3.8, 4) is 11.5 Å². The number of methoxy groups -OCH3 is 2. The zero-order valence-electron chi connectivity index (χ0n) is 11.9. The van der Waals surface area contributed by atoms with Crippen LogP contribution >= 0.6 is 11.6 Å². The van der Waals surface area contributed by atoms with Gasteiger partial charge in [-0.05, 0) is 53.4 Å². The highest BCUT2D eigenvalue weighted by Gasteiger charge is 2.21. The van der Waals surface area contributed by atoms with E-state index >= 15 is 0 Å². The average molecular weight is 306 g/mol. The summed E-state index contributed by atoms with van der Waals surface area (Å²) in [6.45, 7) is 0. The van der Waals surface area contributed by atoms with Crippen molar-refractivity contribution in [1.82, 2.24) is 4.98 Å². The summed E-state index contributed by atoms with van der Waals surface area (Å²) >= 11 is 5.77. The number of aromatic nitrogens is 1. The first-order chi connectivity index (χ1) is 10.2. The number of ether oxygens (including phenoxy) is 2. The second kappa shape index (κ2) is 7.09. The normalized spacial score (nSPS) is 11.8. The monoisotopic (exact) mass is 305 g/mol. The van der Waals surface area contributed by atoms with Gasteiger partial charge in [-0.1, -0.05) is 6.07 Å². The Balaban J connectivity index is 2.32. The molecule has 0 saturated carbocycles. The molecule has 21 heavy (non-hydrogen) atoms. The Labute approximate surface area is 128 Å². The molecule has 0 spiro atoms. The molecule has 5 heteroatoms. The molecule has 0 amide bonds. The first-order valence-electron chi connectivity index (χ1n) is 6.46. The molecule has 0 radical (unpaired) electrons. The van der Waals surface area contributed by atoms with Crippen molar-refractivity contribution in [1.29, 1.82) is 0 Å². The van der Waals surface area contributed by atoms with Crippen LogP contribution < -0.4 is 9.47 Å². The third-order valence-corrected chi connectivity index (χ3v) is 3.54. The van der Waals surface area contributed by atoms with Crippen molar-refractivity contribution in [3.63, 3.8) is 0 Å². The van der Waals surface area contributed by atoms with Crippen molar-refractivity contribution in [2.24, 2.45) is 0 Å². The van der Waals surface area contributed by atoms with Gasteiger partial charge in [-0.2, -0.15) is 0 Å². The Morgan fingerprint density at radius 1 is 1.14 bits per heavy atom. The molecule has 1 unspecified atom stereocenters. The fraction of sp³-hybridized carbons (Fsp3) is 0.250. The molecule has 1 aromatic heterocycles. The zero-order chi connectivity index (χ0) is 15.2. The molecule has 1 heterocycles. The summed E-state index contributed by atoms with van der Waals surface area (Å²) in [5.41, 5.74) is 1.79. The highest BCUT2D eigenvalue weighted by molar-refractivity contribution is 6.64. The first kappa shape index (κ1) is 15.3. The Morgan fingerprint density at radius 3 is 2.38 bits per heavy atom. The van der Waals surface area contributed by atoms with Crippen LogP contribution in [0, 0.1) is 0 Å². The minimum atomic E-state index is -0.436. The molecule has 0 N–H and O–H groups in total. The van der Waals surface area contributed by atoms with Gasteiger partial charge in [0.15, 0.2) is 11.5 Å². The predicted molar refractivity (Wildman–Crippen MR) is 81.1 cm³/mol. The minimum Gasteiger partial charge on any atom is -0.493 e. The van der Waals surface area contributed by atoms with E-state index in [0.29, 0.717) is 17.9 Å². The largest absolute Gasteiger partial charge is 0.493 e. The third-order valence-electron chi connectivity index (χ3n) is 3.27. The molecule has 2 rings (SSSR count). The Bertz CT molecular complexity index is 616. The van der Waals surface area contributed by atoms with Gasteiger partial charge in [0.25, 0.3) is 0 Å². The maximum absolute atomic E-state index is 11.8. The SMILES string of the molecule is COc1ccc(C(Cc2ccncc2)C(=O)Cl)cc1OC. The fourth-order valence-corrected chi connectivity index (χ4v) is 2.36. The summed E-state index contributed by atoms with van der Waals surface area (Å²) in [4.78, 5) is 15.7. The lowest BCUT2D eigenvalue weighted by molar-refractivity contribution is -0.113. The zero-order valence-corrected chi connectivity index (χ0v) is 12.6. The van der Waals surface area contributed by atoms with Gasteiger partial charge < -0.3 is 9.47 Å². The molecule has 4 nitrogen and oxygen atoms in total. The van der Waals surface area contributed by atoms with Crippen LogP contribution in [0.4, 0.5) is 0 Å². The van der Waals surface area contributed by atoms with Gasteiger partial charge in [-0.3, -0.25) is 9.78 Å². The molecule has 0 aliphatic heterocycles. The van der Waals surface area contributed by atoms with Crippen LogP contribution in [0.1, 0.15) is 17.0 Å². The van der Waals surface area contributed by atoms with E-state index in [1.807, 2.05) is 18.2 Å². The average Bonchev–Trinajstić information content (AvgIpc) is 2.52. The summed E-state index contributed by atoms with van der Waals surface area (Å²) in [7, 11) is 3.13. The lowest BCUT2D eigenvalue weighted by atomic mass is 9.93. The third kappa shape index (κ3) is 3.73. The van der Waals surface area contributed by atoms with E-state index < -0.39 is 11.2 Å². The number of hydrogen-bond donors (Lipinski definition) is 0. The maximum atomic E-state index is 11.8. The van der Waals surface area contributed by atoms with Gasteiger partial charge in [-0.15, -0.1) is 0 Å². The molecule has 2 aromatic rings. The van der Waals surface area contributed by atoms with E-state index in [0.717, 1.165) is 11.1 Å². The van der Waals surface area contributed by atoms with E-state index in [9.17, 15) is 4.79 Å². The van der Waals surface area contributed by atoms with Gasteiger partial charge in [0, 0.05) is 12.4 Å². The topological polar surface area (TPSA) is 48.4 Å². The van der Waals surface area contributed by atoms with Crippen molar-refractivity contribution >= 4 is 16.8 Å². The van der Waals surface area contributed by atoms with Gasteiger partial charge in [0.1, 0.15) is 0 Å². The molecular weight excluding hydrogens is 290 g/mol.